The van der Waals surface area contributed by atoms with Gasteiger partial charge in [-0.15, -0.1) is 0 Å². The van der Waals surface area contributed by atoms with Gasteiger partial charge in [0, 0.05) is 34.6 Å². The van der Waals surface area contributed by atoms with Crippen LogP contribution in [-0.2, 0) is 29.0 Å². The van der Waals surface area contributed by atoms with Crippen LogP contribution in [0.25, 0.3) is 0 Å². The van der Waals surface area contributed by atoms with E-state index in [9.17, 15) is 9.59 Å². The van der Waals surface area contributed by atoms with Gasteiger partial charge in [0.15, 0.2) is 0 Å². The van der Waals surface area contributed by atoms with E-state index in [1.54, 1.807) is 35.2 Å². The quantitative estimate of drug-likeness (QED) is 0.391. The standard InChI is InChI=1S/C26H25Cl3N2O2/c1-2-30-26(33)24(15-18-7-4-3-5-8-18)31(17-19-11-13-20(27)14-12-19)25(32)16-21-22(28)9-6-10-23(21)29/h3-14,24H,2,15-17H2,1H3,(H,30,33)/t24-/m1/s1. The number of carbonyl (C=O) groups is 2. The second kappa shape index (κ2) is 12.1. The molecule has 0 aromatic heterocycles. The molecule has 0 aliphatic carbocycles. The zero-order chi connectivity index (χ0) is 23.8. The van der Waals surface area contributed by atoms with Gasteiger partial charge in [-0.25, -0.2) is 0 Å². The molecule has 1 N–H and O–H groups in total. The molecule has 2 amide bonds. The minimum atomic E-state index is -0.711. The molecule has 3 aromatic rings. The first-order valence-electron chi connectivity index (χ1n) is 10.7. The number of halogens is 3. The predicted octanol–water partition coefficient (Wildman–Crippen LogP) is 5.97. The van der Waals surface area contributed by atoms with Crippen LogP contribution >= 0.6 is 34.8 Å². The van der Waals surface area contributed by atoms with Crippen LogP contribution in [-0.4, -0.2) is 29.3 Å². The van der Waals surface area contributed by atoms with Crippen molar-refractivity contribution in [2.24, 2.45) is 0 Å². The van der Waals surface area contributed by atoms with Gasteiger partial charge in [-0.05, 0) is 47.9 Å². The maximum absolute atomic E-state index is 13.6. The molecule has 0 aliphatic heterocycles. The number of nitrogens with zero attached hydrogens (tertiary/aromatic N) is 1. The van der Waals surface area contributed by atoms with Crippen molar-refractivity contribution >= 4 is 46.6 Å². The lowest BCUT2D eigenvalue weighted by Crippen LogP contribution is -2.51. The van der Waals surface area contributed by atoms with Crippen molar-refractivity contribution < 1.29 is 9.59 Å². The molecule has 0 saturated carbocycles. The first-order valence-corrected chi connectivity index (χ1v) is 11.8. The molecule has 3 rings (SSSR count). The van der Waals surface area contributed by atoms with Crippen molar-refractivity contribution in [2.75, 3.05) is 6.54 Å². The summed E-state index contributed by atoms with van der Waals surface area (Å²) in [6.45, 7) is 2.56. The lowest BCUT2D eigenvalue weighted by atomic mass is 10.0. The third-order valence-corrected chi connectivity index (χ3v) is 6.24. The molecule has 7 heteroatoms. The Kier molecular flexibility index (Phi) is 9.19. The Morgan fingerprint density at radius 3 is 2.09 bits per heavy atom. The SMILES string of the molecule is CCNC(=O)[C@@H](Cc1ccccc1)N(Cc1ccc(Cl)cc1)C(=O)Cc1c(Cl)cccc1Cl. The number of benzene rings is 3. The number of amides is 2. The predicted molar refractivity (Wildman–Crippen MR) is 135 cm³/mol. The van der Waals surface area contributed by atoms with E-state index in [1.807, 2.05) is 49.4 Å². The van der Waals surface area contributed by atoms with Crippen LogP contribution < -0.4 is 5.32 Å². The summed E-state index contributed by atoms with van der Waals surface area (Å²) in [5.41, 5.74) is 2.36. The normalized spacial score (nSPS) is 11.6. The van der Waals surface area contributed by atoms with Gasteiger partial charge >= 0.3 is 0 Å². The van der Waals surface area contributed by atoms with Crippen molar-refractivity contribution in [1.82, 2.24) is 10.2 Å². The van der Waals surface area contributed by atoms with E-state index < -0.39 is 6.04 Å². The first-order chi connectivity index (χ1) is 15.9. The molecule has 4 nitrogen and oxygen atoms in total. The zero-order valence-electron chi connectivity index (χ0n) is 18.2. The molecule has 3 aromatic carbocycles. The summed E-state index contributed by atoms with van der Waals surface area (Å²) in [6, 6.07) is 21.3. The monoisotopic (exact) mass is 502 g/mol. The Morgan fingerprint density at radius 1 is 0.848 bits per heavy atom. The van der Waals surface area contributed by atoms with Crippen molar-refractivity contribution in [2.45, 2.75) is 32.4 Å². The smallest absolute Gasteiger partial charge is 0.243 e. The third kappa shape index (κ3) is 6.97. The Morgan fingerprint density at radius 2 is 1.48 bits per heavy atom. The van der Waals surface area contributed by atoms with Crippen LogP contribution in [0.2, 0.25) is 15.1 Å². The molecule has 0 aliphatic rings. The summed E-state index contributed by atoms with van der Waals surface area (Å²) in [4.78, 5) is 28.4. The Bertz CT molecular complexity index is 1070. The number of likely N-dealkylation sites (N-methyl/N-ethyl adjacent to an activating group) is 1. The van der Waals surface area contributed by atoms with Crippen molar-refractivity contribution in [3.63, 3.8) is 0 Å². The maximum atomic E-state index is 13.6. The van der Waals surface area contributed by atoms with Crippen molar-refractivity contribution in [1.29, 1.82) is 0 Å². The van der Waals surface area contributed by atoms with Gasteiger partial charge in [0.05, 0.1) is 6.42 Å². The molecule has 172 valence electrons. The fourth-order valence-electron chi connectivity index (χ4n) is 3.59. The topological polar surface area (TPSA) is 49.4 Å². The number of nitrogens with one attached hydrogen (secondary N) is 1. The molecule has 0 radical (unpaired) electrons. The van der Waals surface area contributed by atoms with Gasteiger partial charge in [0.1, 0.15) is 6.04 Å². The van der Waals surface area contributed by atoms with Gasteiger partial charge in [0.25, 0.3) is 0 Å². The van der Waals surface area contributed by atoms with E-state index in [0.29, 0.717) is 33.6 Å². The summed E-state index contributed by atoms with van der Waals surface area (Å²) < 4.78 is 0. The third-order valence-electron chi connectivity index (χ3n) is 5.28. The largest absolute Gasteiger partial charge is 0.355 e. The van der Waals surface area contributed by atoms with Crippen LogP contribution in [0.4, 0.5) is 0 Å². The van der Waals surface area contributed by atoms with Gasteiger partial charge in [-0.3, -0.25) is 9.59 Å². The molecular weight excluding hydrogens is 479 g/mol. The van der Waals surface area contributed by atoms with Crippen molar-refractivity contribution in [3.05, 3.63) is 105 Å². The summed E-state index contributed by atoms with van der Waals surface area (Å²) in [7, 11) is 0. The van der Waals surface area contributed by atoms with Gasteiger partial charge < -0.3 is 10.2 Å². The average Bonchev–Trinajstić information content (AvgIpc) is 2.80. The van der Waals surface area contributed by atoms with Gasteiger partial charge in [-0.2, -0.15) is 0 Å². The number of hydrogen-bond acceptors (Lipinski definition) is 2. The lowest BCUT2D eigenvalue weighted by molar-refractivity contribution is -0.140. The number of hydrogen-bond donors (Lipinski definition) is 1. The summed E-state index contributed by atoms with van der Waals surface area (Å²) in [6.07, 6.45) is 0.360. The zero-order valence-corrected chi connectivity index (χ0v) is 20.5. The Hall–Kier alpha value is -2.53. The number of rotatable bonds is 9. The fourth-order valence-corrected chi connectivity index (χ4v) is 4.24. The molecule has 0 fully saturated rings. The van der Waals surface area contributed by atoms with E-state index >= 15 is 0 Å². The Balaban J connectivity index is 1.98. The van der Waals surface area contributed by atoms with E-state index in [4.69, 9.17) is 34.8 Å². The van der Waals surface area contributed by atoms with E-state index in [1.165, 1.54) is 0 Å². The molecule has 0 spiro atoms. The van der Waals surface area contributed by atoms with E-state index in [2.05, 4.69) is 5.32 Å². The second-order valence-electron chi connectivity index (χ2n) is 7.63. The van der Waals surface area contributed by atoms with Gasteiger partial charge in [-0.1, -0.05) is 83.3 Å². The minimum absolute atomic E-state index is 0.0171. The molecular formula is C26H25Cl3N2O2. The van der Waals surface area contributed by atoms with Crippen LogP contribution in [0.5, 0.6) is 0 Å². The maximum Gasteiger partial charge on any atom is 0.243 e. The van der Waals surface area contributed by atoms with E-state index in [-0.39, 0.29) is 24.8 Å². The lowest BCUT2D eigenvalue weighted by Gasteiger charge is -2.32. The Labute approximate surface area is 209 Å². The minimum Gasteiger partial charge on any atom is -0.355 e. The molecule has 1 atom stereocenters. The highest BCUT2D eigenvalue weighted by Gasteiger charge is 2.30. The second-order valence-corrected chi connectivity index (χ2v) is 8.88. The molecule has 0 saturated heterocycles. The van der Waals surface area contributed by atoms with Crippen LogP contribution in [0.15, 0.2) is 72.8 Å². The van der Waals surface area contributed by atoms with Crippen LogP contribution in [0.3, 0.4) is 0 Å². The average molecular weight is 504 g/mol. The highest BCUT2D eigenvalue weighted by molar-refractivity contribution is 6.36. The molecule has 0 heterocycles. The van der Waals surface area contributed by atoms with Gasteiger partial charge in [0.2, 0.25) is 11.8 Å². The molecule has 0 unspecified atom stereocenters. The fraction of sp³-hybridized carbons (Fsp3) is 0.231. The first kappa shape index (κ1) is 25.1. The highest BCUT2D eigenvalue weighted by Crippen LogP contribution is 2.26. The molecule has 33 heavy (non-hydrogen) atoms. The summed E-state index contributed by atoms with van der Waals surface area (Å²) in [5, 5.41) is 4.31. The van der Waals surface area contributed by atoms with Crippen LogP contribution in [0, 0.1) is 0 Å². The summed E-state index contributed by atoms with van der Waals surface area (Å²) in [5.74, 6) is -0.457. The molecule has 0 bridgehead atoms. The van der Waals surface area contributed by atoms with E-state index in [0.717, 1.165) is 11.1 Å². The van der Waals surface area contributed by atoms with Crippen molar-refractivity contribution in [3.8, 4) is 0 Å². The highest BCUT2D eigenvalue weighted by atomic mass is 35.5. The summed E-state index contributed by atoms with van der Waals surface area (Å²) >= 11 is 18.7. The number of carbonyl (C=O) groups excluding carboxylic acids is 2. The van der Waals surface area contributed by atoms with Crippen LogP contribution in [0.1, 0.15) is 23.6 Å².